The van der Waals surface area contributed by atoms with E-state index < -0.39 is 77.8 Å². The number of aliphatic hydroxyl groups is 3. The van der Waals surface area contributed by atoms with E-state index in [1.54, 1.807) is 27.0 Å². The highest BCUT2D eigenvalue weighted by molar-refractivity contribution is 5.82. The van der Waals surface area contributed by atoms with Crippen molar-refractivity contribution >= 4 is 23.0 Å². The van der Waals surface area contributed by atoms with Crippen molar-refractivity contribution < 1.29 is 53.3 Å². The maximum Gasteiger partial charge on any atom is 0.407 e. The molecule has 2 aromatic rings. The predicted molar refractivity (Wildman–Crippen MR) is 227 cm³/mol. The van der Waals surface area contributed by atoms with Crippen molar-refractivity contribution in [1.29, 1.82) is 0 Å². The first-order chi connectivity index (χ1) is 28.3. The van der Waals surface area contributed by atoms with Crippen LogP contribution in [-0.2, 0) is 39.8 Å². The van der Waals surface area contributed by atoms with Crippen LogP contribution in [0.2, 0.25) is 0 Å². The number of carbonyl (C=O) groups excluding carboxylic acids is 2. The Hall–Kier alpha value is -3.47. The monoisotopic (exact) mass is 839 g/mol. The van der Waals surface area contributed by atoms with Crippen LogP contribution in [0.25, 0.3) is 10.9 Å². The highest BCUT2D eigenvalue weighted by Crippen LogP contribution is 2.43. The molecule has 3 fully saturated rings. The molecule has 0 aliphatic carbocycles. The molecule has 1 aromatic heterocycles. The van der Waals surface area contributed by atoms with Crippen molar-refractivity contribution in [2.24, 2.45) is 23.7 Å². The van der Waals surface area contributed by atoms with Gasteiger partial charge in [-0.25, -0.2) is 4.79 Å². The predicted octanol–water partition coefficient (Wildman–Crippen LogP) is 5.31. The molecular weight excluding hydrogens is 771 g/mol. The van der Waals surface area contributed by atoms with Gasteiger partial charge in [-0.05, 0) is 90.2 Å². The molecule has 14 heteroatoms. The molecule has 3 aliphatic rings. The van der Waals surface area contributed by atoms with E-state index in [4.69, 9.17) is 28.4 Å². The van der Waals surface area contributed by atoms with Crippen LogP contribution >= 0.6 is 0 Å². The van der Waals surface area contributed by atoms with E-state index in [1.807, 2.05) is 90.0 Å². The molecule has 2 unspecified atom stereocenters. The standard InChI is InChI=1S/C46H69N3O11/c1-12-36-46(9,54)41-29(5)34(18-20-55-44(53)48-23-33-16-13-15-32-17-14-19-47-37(32)33)27(3)22-45(8,57-25-26(2)24-56-41)40(30(6)38(50)31(7)42(52)59-36)60-43-39(51)35(49(10)11)21-28(4)58-43/h13-19,27-31,35-36,38-41,43,50-51,54H,2,12,20-25H2,1,3-11H3,(H,48,53)/b34-18+/t27-,28-,29+,30+,31-,35+,36-,38+,39-,40-,41?,43?,45-,46-/m1/s1. The summed E-state index contributed by atoms with van der Waals surface area (Å²) in [5.74, 6) is -3.33. The summed E-state index contributed by atoms with van der Waals surface area (Å²) in [6.07, 6.45) is -2.49. The summed E-state index contributed by atoms with van der Waals surface area (Å²) in [6.45, 7) is 19.0. The zero-order valence-corrected chi connectivity index (χ0v) is 37.1. The Bertz CT molecular complexity index is 1810. The van der Waals surface area contributed by atoms with E-state index in [-0.39, 0.29) is 50.8 Å². The van der Waals surface area contributed by atoms with Gasteiger partial charge in [0.1, 0.15) is 24.4 Å². The number of hydrogen-bond donors (Lipinski definition) is 4. The molecule has 3 saturated heterocycles. The van der Waals surface area contributed by atoms with E-state index in [0.717, 1.165) is 22.0 Å². The fourth-order valence-corrected chi connectivity index (χ4v) is 9.51. The number of esters is 1. The average Bonchev–Trinajstić information content (AvgIpc) is 3.22. The Balaban J connectivity index is 1.55. The minimum absolute atomic E-state index is 0.0157. The molecule has 14 atom stereocenters. The molecule has 4 N–H and O–H groups in total. The lowest BCUT2D eigenvalue weighted by molar-refractivity contribution is -0.303. The molecular formula is C46H69N3O11. The van der Waals surface area contributed by atoms with Crippen LogP contribution < -0.4 is 5.32 Å². The summed E-state index contributed by atoms with van der Waals surface area (Å²) >= 11 is 0. The van der Waals surface area contributed by atoms with Crippen molar-refractivity contribution in [3.8, 4) is 0 Å². The highest BCUT2D eigenvalue weighted by Gasteiger charge is 2.52. The maximum absolute atomic E-state index is 13.9. The lowest BCUT2D eigenvalue weighted by atomic mass is 9.72. The normalized spacial score (nSPS) is 38.1. The number of amides is 1. The SMILES string of the molecule is C=C1COC2[C@@H](C)/C(=C/COC(=O)NCc3cccc4cccnc34)[C@H](C)C[C@@](C)(OC1)[C@H](OC1O[C@H](C)C[C@H](N(C)C)[C@H]1O)[C@@H](C)[C@H](O)[C@@H](C)C(=O)O[C@H](CC)[C@@]2(C)O. The van der Waals surface area contributed by atoms with Gasteiger partial charge in [0.15, 0.2) is 6.29 Å². The number of hydrogen-bond acceptors (Lipinski definition) is 13. The number of cyclic esters (lactones) is 1. The third-order valence-electron chi connectivity index (χ3n) is 12.9. The van der Waals surface area contributed by atoms with Gasteiger partial charge in [-0.3, -0.25) is 9.78 Å². The molecule has 4 heterocycles. The highest BCUT2D eigenvalue weighted by atomic mass is 16.7. The van der Waals surface area contributed by atoms with E-state index in [2.05, 4.69) is 16.9 Å². The summed E-state index contributed by atoms with van der Waals surface area (Å²) in [7, 11) is 3.79. The van der Waals surface area contributed by atoms with Gasteiger partial charge in [0.05, 0.1) is 54.7 Å². The number of para-hydroxylation sites is 1. The quantitative estimate of drug-likeness (QED) is 0.199. The van der Waals surface area contributed by atoms with Crippen molar-refractivity contribution in [2.45, 2.75) is 141 Å². The van der Waals surface area contributed by atoms with Crippen molar-refractivity contribution in [2.75, 3.05) is 33.9 Å². The van der Waals surface area contributed by atoms with Crippen LogP contribution in [0.3, 0.4) is 0 Å². The number of fused-ring (bicyclic) bond motifs is 6. The Morgan fingerprint density at radius 2 is 1.78 bits per heavy atom. The van der Waals surface area contributed by atoms with Crippen molar-refractivity contribution in [3.05, 3.63) is 65.9 Å². The van der Waals surface area contributed by atoms with Crippen LogP contribution in [0.1, 0.15) is 80.2 Å². The summed E-state index contributed by atoms with van der Waals surface area (Å²) in [6, 6.07) is 9.34. The Morgan fingerprint density at radius 3 is 2.48 bits per heavy atom. The Morgan fingerprint density at radius 1 is 1.07 bits per heavy atom. The molecule has 1 amide bonds. The van der Waals surface area contributed by atoms with Crippen molar-refractivity contribution in [3.63, 3.8) is 0 Å². The van der Waals surface area contributed by atoms with Gasteiger partial charge < -0.3 is 54.0 Å². The second kappa shape index (κ2) is 20.1. The van der Waals surface area contributed by atoms with E-state index in [9.17, 15) is 24.9 Å². The average molecular weight is 840 g/mol. The molecule has 60 heavy (non-hydrogen) atoms. The summed E-state index contributed by atoms with van der Waals surface area (Å²) < 4.78 is 38.3. The molecule has 0 spiro atoms. The van der Waals surface area contributed by atoms with E-state index in [0.29, 0.717) is 18.4 Å². The molecule has 3 aliphatic heterocycles. The molecule has 5 rings (SSSR count). The second-order valence-electron chi connectivity index (χ2n) is 18.0. The van der Waals surface area contributed by atoms with E-state index in [1.165, 1.54) is 0 Å². The molecule has 2 bridgehead atoms. The largest absolute Gasteiger partial charge is 0.459 e. The van der Waals surface area contributed by atoms with Crippen LogP contribution in [0.15, 0.2) is 60.3 Å². The zero-order chi connectivity index (χ0) is 44.1. The van der Waals surface area contributed by atoms with Crippen LogP contribution in [0.4, 0.5) is 4.79 Å². The number of nitrogens with one attached hydrogen (secondary N) is 1. The van der Waals surface area contributed by atoms with Gasteiger partial charge in [-0.1, -0.05) is 64.1 Å². The minimum atomic E-state index is -1.72. The number of pyridine rings is 1. The number of ether oxygens (including phenoxy) is 6. The first-order valence-electron chi connectivity index (χ1n) is 21.4. The molecule has 334 valence electrons. The van der Waals surface area contributed by atoms with Gasteiger partial charge >= 0.3 is 12.1 Å². The summed E-state index contributed by atoms with van der Waals surface area (Å²) in [5.41, 5.74) is 0.102. The van der Waals surface area contributed by atoms with Crippen LogP contribution in [0, 0.1) is 23.7 Å². The third-order valence-corrected chi connectivity index (χ3v) is 12.9. The first kappa shape index (κ1) is 47.6. The van der Waals surface area contributed by atoms with Crippen LogP contribution in [-0.4, -0.2) is 131 Å². The van der Waals surface area contributed by atoms with Gasteiger partial charge in [-0.2, -0.15) is 0 Å². The number of alkyl carbamates (subject to hydrolysis) is 1. The van der Waals surface area contributed by atoms with Gasteiger partial charge in [0.25, 0.3) is 0 Å². The Kier molecular flexibility index (Phi) is 16.0. The molecule has 0 radical (unpaired) electrons. The maximum atomic E-state index is 13.9. The topological polar surface area (TPSA) is 178 Å². The Labute approximate surface area is 355 Å². The minimum Gasteiger partial charge on any atom is -0.459 e. The number of aromatic nitrogens is 1. The lowest BCUT2D eigenvalue weighted by Crippen LogP contribution is -2.60. The molecule has 1 aromatic carbocycles. The van der Waals surface area contributed by atoms with Gasteiger partial charge in [0, 0.05) is 36.0 Å². The number of rotatable bonds is 8. The summed E-state index contributed by atoms with van der Waals surface area (Å²) in [4.78, 5) is 33.5. The lowest BCUT2D eigenvalue weighted by Gasteiger charge is -2.48. The zero-order valence-electron chi connectivity index (χ0n) is 37.1. The van der Waals surface area contributed by atoms with Gasteiger partial charge in [0.2, 0.25) is 0 Å². The smallest absolute Gasteiger partial charge is 0.407 e. The molecule has 14 nitrogen and oxygen atoms in total. The summed E-state index contributed by atoms with van der Waals surface area (Å²) in [5, 5.41) is 39.9. The molecule has 0 saturated carbocycles. The number of aliphatic hydroxyl groups excluding tert-OH is 2. The second-order valence-corrected chi connectivity index (χ2v) is 18.0. The fraction of sp³-hybridized carbons (Fsp3) is 0.674. The van der Waals surface area contributed by atoms with Crippen LogP contribution in [0.5, 0.6) is 0 Å². The van der Waals surface area contributed by atoms with Gasteiger partial charge in [-0.15, -0.1) is 0 Å². The fourth-order valence-electron chi connectivity index (χ4n) is 9.51. The number of nitrogens with zero attached hydrogens (tertiary/aromatic N) is 2. The first-order valence-corrected chi connectivity index (χ1v) is 21.4. The van der Waals surface area contributed by atoms with E-state index >= 15 is 0 Å². The van der Waals surface area contributed by atoms with Crippen molar-refractivity contribution in [1.82, 2.24) is 15.2 Å². The third kappa shape index (κ3) is 10.8. The number of carbonyl (C=O) groups is 2. The number of likely N-dealkylation sites (N-methyl/N-ethyl adjacent to an activating group) is 1. The number of benzene rings is 1.